The van der Waals surface area contributed by atoms with Crippen LogP contribution in [0.3, 0.4) is 0 Å². The van der Waals surface area contributed by atoms with Crippen LogP contribution in [-0.2, 0) is 28.6 Å². The normalized spacial score (nSPS) is 12.6. The van der Waals surface area contributed by atoms with Crippen LogP contribution in [-0.4, -0.2) is 37.2 Å². The topological polar surface area (TPSA) is 78.9 Å². The smallest absolute Gasteiger partial charge is 0.306 e. The van der Waals surface area contributed by atoms with Gasteiger partial charge in [0.1, 0.15) is 13.2 Å². The van der Waals surface area contributed by atoms with Crippen LogP contribution in [0.5, 0.6) is 0 Å². The van der Waals surface area contributed by atoms with Crippen LogP contribution in [0.2, 0.25) is 0 Å². The van der Waals surface area contributed by atoms with Gasteiger partial charge in [0.2, 0.25) is 0 Å². The standard InChI is InChI=1S/C61H106O6/c1-4-7-10-13-16-19-22-25-27-28-29-30-31-32-33-34-35-37-39-42-45-48-51-54-60(63)66-57-58(56-65-59(62)53-50-47-44-41-38-24-21-18-15-12-9-6-3)67-61(64)55-52-49-46-43-40-36-26-23-20-17-14-11-8-5-2/h7,10,16,19,25,27,29-30,32-33,35,37,58H,4-6,8-9,11-15,17-18,20-24,26,28,31,34,36,38-57H2,1-3H3/b10-7-,19-16-,27-25-,30-29-,33-32-,37-35-. The molecule has 0 spiro atoms. The van der Waals surface area contributed by atoms with Crippen LogP contribution in [0.15, 0.2) is 72.9 Å². The zero-order valence-corrected chi connectivity index (χ0v) is 44.2. The van der Waals surface area contributed by atoms with Crippen molar-refractivity contribution in [2.75, 3.05) is 13.2 Å². The van der Waals surface area contributed by atoms with Crippen molar-refractivity contribution in [1.29, 1.82) is 0 Å². The molecule has 1 atom stereocenters. The van der Waals surface area contributed by atoms with Crippen LogP contribution in [0.1, 0.15) is 278 Å². The van der Waals surface area contributed by atoms with E-state index in [0.717, 1.165) is 109 Å². The van der Waals surface area contributed by atoms with Gasteiger partial charge in [-0.25, -0.2) is 0 Å². The van der Waals surface area contributed by atoms with E-state index in [1.54, 1.807) is 0 Å². The molecule has 0 bridgehead atoms. The molecule has 0 saturated heterocycles. The molecule has 0 aromatic carbocycles. The summed E-state index contributed by atoms with van der Waals surface area (Å²) in [5.74, 6) is -0.896. The molecule has 0 N–H and O–H groups in total. The van der Waals surface area contributed by atoms with E-state index in [0.29, 0.717) is 19.3 Å². The minimum atomic E-state index is -0.782. The molecular weight excluding hydrogens is 829 g/mol. The van der Waals surface area contributed by atoms with Gasteiger partial charge in [-0.2, -0.15) is 0 Å². The van der Waals surface area contributed by atoms with Gasteiger partial charge in [0.05, 0.1) is 0 Å². The van der Waals surface area contributed by atoms with Crippen molar-refractivity contribution in [2.24, 2.45) is 0 Å². The predicted octanol–water partition coefficient (Wildman–Crippen LogP) is 19.0. The fraction of sp³-hybridized carbons (Fsp3) is 0.754. The number of carbonyl (C=O) groups excluding carboxylic acids is 3. The Bertz CT molecular complexity index is 1260. The molecule has 0 radical (unpaired) electrons. The van der Waals surface area contributed by atoms with Crippen molar-refractivity contribution in [3.8, 4) is 0 Å². The van der Waals surface area contributed by atoms with Crippen LogP contribution in [0.25, 0.3) is 0 Å². The maximum absolute atomic E-state index is 12.8. The Kier molecular flexibility index (Phi) is 52.8. The van der Waals surface area contributed by atoms with Crippen molar-refractivity contribution >= 4 is 17.9 Å². The van der Waals surface area contributed by atoms with Gasteiger partial charge in [-0.05, 0) is 70.6 Å². The second-order valence-corrected chi connectivity index (χ2v) is 18.8. The number of unbranched alkanes of at least 4 members (excludes halogenated alkanes) is 28. The van der Waals surface area contributed by atoms with Gasteiger partial charge in [-0.3, -0.25) is 14.4 Å². The van der Waals surface area contributed by atoms with Crippen molar-refractivity contribution in [1.82, 2.24) is 0 Å². The van der Waals surface area contributed by atoms with E-state index in [1.807, 2.05) is 0 Å². The Hall–Kier alpha value is -3.15. The number of carbonyl (C=O) groups is 3. The first-order valence-corrected chi connectivity index (χ1v) is 28.4. The molecule has 0 fully saturated rings. The maximum atomic E-state index is 12.8. The second kappa shape index (κ2) is 55.4. The lowest BCUT2D eigenvalue weighted by atomic mass is 10.0. The van der Waals surface area contributed by atoms with Gasteiger partial charge in [-0.1, -0.05) is 261 Å². The number of esters is 3. The van der Waals surface area contributed by atoms with Crippen LogP contribution in [0, 0.1) is 0 Å². The van der Waals surface area contributed by atoms with E-state index >= 15 is 0 Å². The van der Waals surface area contributed by atoms with Crippen LogP contribution >= 0.6 is 0 Å². The van der Waals surface area contributed by atoms with E-state index in [9.17, 15) is 14.4 Å². The Labute approximate surface area is 414 Å². The Morgan fingerprint density at radius 3 is 0.910 bits per heavy atom. The summed E-state index contributed by atoms with van der Waals surface area (Å²) in [5, 5.41) is 0. The molecule has 67 heavy (non-hydrogen) atoms. The fourth-order valence-electron chi connectivity index (χ4n) is 7.98. The predicted molar refractivity (Wildman–Crippen MR) is 288 cm³/mol. The third-order valence-corrected chi connectivity index (χ3v) is 12.2. The highest BCUT2D eigenvalue weighted by molar-refractivity contribution is 5.71. The number of hydrogen-bond acceptors (Lipinski definition) is 6. The average molecular weight is 936 g/mol. The van der Waals surface area contributed by atoms with E-state index in [1.165, 1.54) is 128 Å². The first kappa shape index (κ1) is 63.8. The average Bonchev–Trinajstić information content (AvgIpc) is 3.33. The third kappa shape index (κ3) is 53.7. The molecule has 1 unspecified atom stereocenters. The fourth-order valence-corrected chi connectivity index (χ4v) is 7.98. The Morgan fingerprint density at radius 2 is 0.582 bits per heavy atom. The maximum Gasteiger partial charge on any atom is 0.306 e. The quantitative estimate of drug-likeness (QED) is 0.0262. The van der Waals surface area contributed by atoms with E-state index < -0.39 is 6.10 Å². The SMILES string of the molecule is CC/C=C\C/C=C\C/C=C\C/C=C\C/C=C\C/C=C\CCCCCCC(=O)OCC(COC(=O)CCCCCCCCCCCCCC)OC(=O)CCCCCCCCCCCCCCCC. The summed E-state index contributed by atoms with van der Waals surface area (Å²) in [6, 6.07) is 0. The van der Waals surface area contributed by atoms with Crippen molar-refractivity contribution in [3.63, 3.8) is 0 Å². The minimum absolute atomic E-state index is 0.0799. The molecular formula is C61H106O6. The van der Waals surface area contributed by atoms with Crippen molar-refractivity contribution < 1.29 is 28.6 Å². The molecule has 0 aromatic heterocycles. The van der Waals surface area contributed by atoms with Gasteiger partial charge in [0.15, 0.2) is 6.10 Å². The van der Waals surface area contributed by atoms with Gasteiger partial charge >= 0.3 is 17.9 Å². The Balaban J connectivity index is 4.37. The van der Waals surface area contributed by atoms with E-state index in [-0.39, 0.29) is 31.1 Å². The van der Waals surface area contributed by atoms with Gasteiger partial charge in [0.25, 0.3) is 0 Å². The van der Waals surface area contributed by atoms with E-state index in [4.69, 9.17) is 14.2 Å². The second-order valence-electron chi connectivity index (χ2n) is 18.8. The monoisotopic (exact) mass is 935 g/mol. The highest BCUT2D eigenvalue weighted by Gasteiger charge is 2.19. The lowest BCUT2D eigenvalue weighted by Crippen LogP contribution is -2.30. The molecule has 0 heterocycles. The molecule has 0 saturated carbocycles. The number of rotatable bonds is 51. The summed E-state index contributed by atoms with van der Waals surface area (Å²) < 4.78 is 16.8. The first-order valence-electron chi connectivity index (χ1n) is 28.4. The molecule has 386 valence electrons. The minimum Gasteiger partial charge on any atom is -0.462 e. The van der Waals surface area contributed by atoms with E-state index in [2.05, 4.69) is 93.7 Å². The third-order valence-electron chi connectivity index (χ3n) is 12.2. The largest absolute Gasteiger partial charge is 0.462 e. The number of hydrogen-bond donors (Lipinski definition) is 0. The highest BCUT2D eigenvalue weighted by atomic mass is 16.6. The zero-order chi connectivity index (χ0) is 48.6. The summed E-state index contributed by atoms with van der Waals surface area (Å²) in [5.41, 5.74) is 0. The number of ether oxygens (including phenoxy) is 3. The summed E-state index contributed by atoms with van der Waals surface area (Å²) in [4.78, 5) is 38.1. The molecule has 6 heteroatoms. The lowest BCUT2D eigenvalue weighted by Gasteiger charge is -2.18. The lowest BCUT2D eigenvalue weighted by molar-refractivity contribution is -0.167. The van der Waals surface area contributed by atoms with Crippen molar-refractivity contribution in [3.05, 3.63) is 72.9 Å². The molecule has 0 rings (SSSR count). The first-order chi connectivity index (χ1) is 33.0. The zero-order valence-electron chi connectivity index (χ0n) is 44.2. The molecule has 6 nitrogen and oxygen atoms in total. The summed E-state index contributed by atoms with van der Waals surface area (Å²) in [7, 11) is 0. The van der Waals surface area contributed by atoms with Gasteiger partial charge < -0.3 is 14.2 Å². The van der Waals surface area contributed by atoms with Crippen LogP contribution in [0.4, 0.5) is 0 Å². The molecule has 0 amide bonds. The summed E-state index contributed by atoms with van der Waals surface area (Å²) in [6.07, 6.45) is 70.3. The molecule has 0 aliphatic carbocycles. The number of allylic oxidation sites excluding steroid dienone is 12. The highest BCUT2D eigenvalue weighted by Crippen LogP contribution is 2.16. The molecule has 0 aromatic rings. The summed E-state index contributed by atoms with van der Waals surface area (Å²) in [6.45, 7) is 6.52. The summed E-state index contributed by atoms with van der Waals surface area (Å²) >= 11 is 0. The Morgan fingerprint density at radius 1 is 0.313 bits per heavy atom. The van der Waals surface area contributed by atoms with Gasteiger partial charge in [0, 0.05) is 19.3 Å². The van der Waals surface area contributed by atoms with Crippen LogP contribution < -0.4 is 0 Å². The molecule has 0 aliphatic heterocycles. The molecule has 0 aliphatic rings. The van der Waals surface area contributed by atoms with Crippen molar-refractivity contribution in [2.45, 2.75) is 284 Å². The van der Waals surface area contributed by atoms with Gasteiger partial charge in [-0.15, -0.1) is 0 Å².